The molecule has 0 aromatic rings. The minimum Gasteiger partial charge on any atom is -0.302 e. The molecule has 0 radical (unpaired) electrons. The van der Waals surface area contributed by atoms with Crippen LogP contribution in [-0.4, -0.2) is 33.7 Å². The van der Waals surface area contributed by atoms with Crippen molar-refractivity contribution in [2.24, 2.45) is 0 Å². The molecule has 7 nitrogen and oxygen atoms in total. The van der Waals surface area contributed by atoms with Gasteiger partial charge in [0, 0.05) is 5.88 Å². The van der Waals surface area contributed by atoms with E-state index < -0.39 is 20.5 Å². The number of hydrogen-bond acceptors (Lipinski definition) is 5. The van der Waals surface area contributed by atoms with Gasteiger partial charge in [-0.25, -0.2) is 9.13 Å². The van der Waals surface area contributed by atoms with Crippen LogP contribution in [0, 0.1) is 0 Å². The van der Waals surface area contributed by atoms with Crippen molar-refractivity contribution in [1.29, 1.82) is 0 Å². The van der Waals surface area contributed by atoms with Gasteiger partial charge in [0.1, 0.15) is 4.84 Å². The molecule has 0 aromatic heterocycles. The number of halogens is 3. The molecular formula is C7H15Cl3O7P2. The van der Waals surface area contributed by atoms with Gasteiger partial charge in [0.05, 0.1) is 13.2 Å². The van der Waals surface area contributed by atoms with Crippen LogP contribution in [0.3, 0.4) is 0 Å². The molecule has 0 rings (SSSR count). The maximum absolute atomic E-state index is 11.8. The van der Waals surface area contributed by atoms with Crippen molar-refractivity contribution in [3.05, 3.63) is 0 Å². The van der Waals surface area contributed by atoms with Crippen LogP contribution in [0.25, 0.3) is 0 Å². The third-order valence-electron chi connectivity index (χ3n) is 1.60. The summed E-state index contributed by atoms with van der Waals surface area (Å²) in [6.45, 7) is -0.315. The van der Waals surface area contributed by atoms with Crippen LogP contribution in [0.4, 0.5) is 0 Å². The lowest BCUT2D eigenvalue weighted by Gasteiger charge is -2.17. The highest BCUT2D eigenvalue weighted by molar-refractivity contribution is 7.61. The van der Waals surface area contributed by atoms with Gasteiger partial charge in [-0.3, -0.25) is 9.05 Å². The Morgan fingerprint density at radius 3 is 2.11 bits per heavy atom. The molecule has 12 heteroatoms. The molecule has 1 unspecified atom stereocenters. The number of rotatable bonds is 11. The molecule has 0 aliphatic rings. The van der Waals surface area contributed by atoms with Crippen molar-refractivity contribution in [3.8, 4) is 0 Å². The summed E-state index contributed by atoms with van der Waals surface area (Å²) in [6, 6.07) is 0. The Morgan fingerprint density at radius 1 is 1.05 bits per heavy atom. The van der Waals surface area contributed by atoms with Crippen molar-refractivity contribution >= 4 is 50.4 Å². The maximum atomic E-state index is 11.8. The molecule has 19 heavy (non-hydrogen) atoms. The van der Waals surface area contributed by atoms with Gasteiger partial charge in [0.2, 0.25) is 0 Å². The molecule has 0 heterocycles. The molecule has 2 N–H and O–H groups in total. The number of phosphoric ester groups is 1. The predicted octanol–water partition coefficient (Wildman–Crippen LogP) is 3.45. The van der Waals surface area contributed by atoms with Crippen LogP contribution in [0.2, 0.25) is 0 Å². The lowest BCUT2D eigenvalue weighted by Crippen LogP contribution is -2.03. The highest BCUT2D eigenvalue weighted by Gasteiger charge is 2.35. The molecule has 0 fully saturated rings. The van der Waals surface area contributed by atoms with Crippen LogP contribution >= 0.6 is 50.4 Å². The Balaban J connectivity index is 4.20. The summed E-state index contributed by atoms with van der Waals surface area (Å²) in [7, 11) is -9.33. The van der Waals surface area contributed by atoms with Gasteiger partial charge in [-0.05, 0) is 19.3 Å². The first-order chi connectivity index (χ1) is 8.68. The third-order valence-corrected chi connectivity index (χ3v) is 4.84. The van der Waals surface area contributed by atoms with Crippen molar-refractivity contribution < 1.29 is 32.3 Å². The lowest BCUT2D eigenvalue weighted by atomic mass is 10.3. The van der Waals surface area contributed by atoms with Gasteiger partial charge in [0.15, 0.2) is 0 Å². The van der Waals surface area contributed by atoms with E-state index in [1.165, 1.54) is 0 Å². The van der Waals surface area contributed by atoms with Crippen LogP contribution in [0.1, 0.15) is 19.3 Å². The predicted molar refractivity (Wildman–Crippen MR) is 72.7 cm³/mol. The smallest absolute Gasteiger partial charge is 0.302 e. The first kappa shape index (κ1) is 20.1. The van der Waals surface area contributed by atoms with Gasteiger partial charge >= 0.3 is 15.6 Å². The van der Waals surface area contributed by atoms with Gasteiger partial charge in [-0.2, -0.15) is 4.31 Å². The Bertz CT molecular complexity index is 335. The second-order valence-corrected chi connectivity index (χ2v) is 7.96. The average Bonchev–Trinajstić information content (AvgIpc) is 2.23. The normalized spacial score (nSPS) is 15.7. The van der Waals surface area contributed by atoms with Gasteiger partial charge in [-0.15, -0.1) is 34.8 Å². The lowest BCUT2D eigenvalue weighted by molar-refractivity contribution is 0.143. The molecular weight excluding hydrogens is 364 g/mol. The van der Waals surface area contributed by atoms with E-state index in [1.54, 1.807) is 0 Å². The molecule has 116 valence electrons. The van der Waals surface area contributed by atoms with E-state index in [0.29, 0.717) is 19.3 Å². The molecule has 0 aromatic carbocycles. The SMILES string of the molecule is O=P(O)(O)OP(=O)(OCCCl)OCCCCC(Cl)Cl. The zero-order valence-electron chi connectivity index (χ0n) is 9.78. The number of hydrogen-bond donors (Lipinski definition) is 2. The highest BCUT2D eigenvalue weighted by Crippen LogP contribution is 2.61. The number of alkyl halides is 3. The van der Waals surface area contributed by atoms with Crippen molar-refractivity contribution in [1.82, 2.24) is 0 Å². The van der Waals surface area contributed by atoms with E-state index in [0.717, 1.165) is 0 Å². The molecule has 0 spiro atoms. The van der Waals surface area contributed by atoms with Crippen LogP contribution in [0.15, 0.2) is 0 Å². The maximum Gasteiger partial charge on any atom is 0.483 e. The van der Waals surface area contributed by atoms with Crippen molar-refractivity contribution in [3.63, 3.8) is 0 Å². The Morgan fingerprint density at radius 2 is 1.63 bits per heavy atom. The van der Waals surface area contributed by atoms with Crippen LogP contribution < -0.4 is 0 Å². The summed E-state index contributed by atoms with van der Waals surface area (Å²) in [5, 5.41) is 0. The molecule has 1 atom stereocenters. The third kappa shape index (κ3) is 12.6. The average molecular weight is 379 g/mol. The van der Waals surface area contributed by atoms with Crippen LogP contribution in [0.5, 0.6) is 0 Å². The van der Waals surface area contributed by atoms with E-state index in [4.69, 9.17) is 49.1 Å². The number of unbranched alkanes of at least 4 members (excludes halogenated alkanes) is 1. The summed E-state index contributed by atoms with van der Waals surface area (Å²) in [6.07, 6.45) is 1.52. The van der Waals surface area contributed by atoms with Gasteiger partial charge < -0.3 is 9.79 Å². The molecule has 0 saturated carbocycles. The highest BCUT2D eigenvalue weighted by atomic mass is 35.5. The van der Waals surface area contributed by atoms with E-state index in [1.807, 2.05) is 0 Å². The summed E-state index contributed by atoms with van der Waals surface area (Å²) < 4.78 is 35.9. The van der Waals surface area contributed by atoms with Crippen LogP contribution in [-0.2, 0) is 22.5 Å². The van der Waals surface area contributed by atoms with E-state index >= 15 is 0 Å². The minimum atomic E-state index is -5.00. The number of phosphoric acid groups is 2. The summed E-state index contributed by atoms with van der Waals surface area (Å²) in [5.74, 6) is -0.0297. The Hall–Kier alpha value is 1.13. The van der Waals surface area contributed by atoms with E-state index in [9.17, 15) is 9.13 Å². The second kappa shape index (κ2) is 9.96. The van der Waals surface area contributed by atoms with Crippen molar-refractivity contribution in [2.45, 2.75) is 24.1 Å². The first-order valence-electron chi connectivity index (χ1n) is 5.18. The standard InChI is InChI=1S/C7H15Cl3O7P2/c8-4-6-16-19(14,17-18(11,12)13)15-5-2-1-3-7(9)10/h7H,1-6H2,(H2,11,12,13). The fraction of sp³-hybridized carbons (Fsp3) is 1.00. The topological polar surface area (TPSA) is 102 Å². The van der Waals surface area contributed by atoms with E-state index in [-0.39, 0.29) is 19.1 Å². The second-order valence-electron chi connectivity index (χ2n) is 3.26. The fourth-order valence-corrected chi connectivity index (χ4v) is 3.59. The quantitative estimate of drug-likeness (QED) is 0.322. The largest absolute Gasteiger partial charge is 0.483 e. The zero-order valence-corrected chi connectivity index (χ0v) is 13.8. The van der Waals surface area contributed by atoms with Gasteiger partial charge in [-0.1, -0.05) is 0 Å². The van der Waals surface area contributed by atoms with Gasteiger partial charge in [0.25, 0.3) is 0 Å². The summed E-state index contributed by atoms with van der Waals surface area (Å²) in [5.41, 5.74) is 0. The fourth-order valence-electron chi connectivity index (χ4n) is 0.938. The summed E-state index contributed by atoms with van der Waals surface area (Å²) in [4.78, 5) is 16.7. The summed E-state index contributed by atoms with van der Waals surface area (Å²) >= 11 is 16.3. The molecule has 0 aliphatic heterocycles. The monoisotopic (exact) mass is 378 g/mol. The molecule has 0 saturated heterocycles. The van der Waals surface area contributed by atoms with E-state index in [2.05, 4.69) is 8.83 Å². The minimum absolute atomic E-state index is 0.0297. The molecule has 0 bridgehead atoms. The first-order valence-corrected chi connectivity index (χ1v) is 9.58. The van der Waals surface area contributed by atoms with Crippen molar-refractivity contribution in [2.75, 3.05) is 19.1 Å². The Labute approximate surface area is 126 Å². The molecule has 0 aliphatic carbocycles. The zero-order chi connectivity index (χ0) is 14.9. The molecule has 0 amide bonds. The Kier molecular flexibility index (Phi) is 10.5.